The highest BCUT2D eigenvalue weighted by molar-refractivity contribution is 9.10. The quantitative estimate of drug-likeness (QED) is 0.172. The minimum atomic E-state index is -4.72. The fraction of sp³-hybridized carbons (Fsp3) is 1.00. The average Bonchev–Trinajstić information content (AvgIpc) is 1.61. The molecule has 0 aliphatic heterocycles. The van der Waals surface area contributed by atoms with Gasteiger partial charge in [0.2, 0.25) is 0 Å². The van der Waals surface area contributed by atoms with Crippen LogP contribution in [0.25, 0.3) is 10.4 Å². The molecule has 0 N–H and O–H groups in total. The molecule has 0 saturated heterocycles. The second kappa shape index (κ2) is 2.63. The van der Waals surface area contributed by atoms with Gasteiger partial charge >= 0.3 is 10.9 Å². The van der Waals surface area contributed by atoms with E-state index in [2.05, 4.69) is 0 Å². The first-order chi connectivity index (χ1) is 4.31. The van der Waals surface area contributed by atoms with E-state index in [9.17, 15) is 17.6 Å². The number of rotatable bonds is 2. The first kappa shape index (κ1) is 9.51. The summed E-state index contributed by atoms with van der Waals surface area (Å²) in [5.74, 6) is 0. The van der Waals surface area contributed by atoms with Crippen LogP contribution in [-0.4, -0.2) is 10.9 Å². The standard InChI is InChI=1S/C2BrF4N3/c3-1(4,5)2(6,7)9-10-8. The molecule has 0 fully saturated rings. The Morgan fingerprint density at radius 1 is 1.30 bits per heavy atom. The normalized spacial score (nSPS) is 12.5. The smallest absolute Gasteiger partial charge is 0.192 e. The van der Waals surface area contributed by atoms with Crippen molar-refractivity contribution < 1.29 is 17.6 Å². The van der Waals surface area contributed by atoms with Crippen molar-refractivity contribution in [1.82, 2.24) is 0 Å². The van der Waals surface area contributed by atoms with E-state index in [-0.39, 0.29) is 0 Å². The summed E-state index contributed by atoms with van der Waals surface area (Å²) in [6.07, 6.45) is 0. The molecule has 0 saturated carbocycles. The molecule has 0 heterocycles. The molecule has 0 bridgehead atoms. The third kappa shape index (κ3) is 2.03. The highest BCUT2D eigenvalue weighted by atomic mass is 79.9. The molecule has 0 radical (unpaired) electrons. The number of azide groups is 1. The monoisotopic (exact) mass is 221 g/mol. The second-order valence-electron chi connectivity index (χ2n) is 1.23. The van der Waals surface area contributed by atoms with Gasteiger partial charge < -0.3 is 0 Å². The molecule has 0 aliphatic carbocycles. The maximum Gasteiger partial charge on any atom is 0.397 e. The number of alkyl halides is 5. The molecule has 58 valence electrons. The molecule has 0 aromatic rings. The topological polar surface area (TPSA) is 48.8 Å². The van der Waals surface area contributed by atoms with Gasteiger partial charge in [-0.15, -0.1) is 0 Å². The van der Waals surface area contributed by atoms with E-state index in [1.807, 2.05) is 0 Å². The highest BCUT2D eigenvalue weighted by Gasteiger charge is 2.53. The van der Waals surface area contributed by atoms with Crippen molar-refractivity contribution in [1.29, 1.82) is 0 Å². The summed E-state index contributed by atoms with van der Waals surface area (Å²) in [6, 6.07) is -4.72. The van der Waals surface area contributed by atoms with Crippen molar-refractivity contribution in [2.24, 2.45) is 5.11 Å². The lowest BCUT2D eigenvalue weighted by atomic mass is 10.6. The molecular weight excluding hydrogens is 222 g/mol. The predicted octanol–water partition coefficient (Wildman–Crippen LogP) is 2.88. The van der Waals surface area contributed by atoms with E-state index < -0.39 is 10.9 Å². The van der Waals surface area contributed by atoms with Crippen LogP contribution in [0.3, 0.4) is 0 Å². The number of hydrogen-bond donors (Lipinski definition) is 0. The SMILES string of the molecule is [N-]=[N+]=NC(F)(F)C(F)(F)Br. The Bertz CT molecular complexity index is 168. The van der Waals surface area contributed by atoms with Crippen LogP contribution < -0.4 is 0 Å². The van der Waals surface area contributed by atoms with Crippen LogP contribution in [-0.2, 0) is 0 Å². The van der Waals surface area contributed by atoms with Gasteiger partial charge in [0.05, 0.1) is 0 Å². The fourth-order valence-corrected chi connectivity index (χ4v) is 0.192. The molecular formula is C2BrF4N3. The van der Waals surface area contributed by atoms with Crippen molar-refractivity contribution in [3.63, 3.8) is 0 Å². The zero-order valence-corrected chi connectivity index (χ0v) is 5.82. The minimum absolute atomic E-state index is 1.35. The number of halogens is 5. The van der Waals surface area contributed by atoms with Gasteiger partial charge in [0.1, 0.15) is 0 Å². The Balaban J connectivity index is 4.56. The molecule has 0 spiro atoms. The molecule has 0 amide bonds. The zero-order chi connectivity index (χ0) is 8.41. The Morgan fingerprint density at radius 2 is 1.70 bits per heavy atom. The first-order valence-electron chi connectivity index (χ1n) is 1.82. The lowest BCUT2D eigenvalue weighted by molar-refractivity contribution is -0.141. The largest absolute Gasteiger partial charge is 0.397 e. The molecule has 8 heteroatoms. The summed E-state index contributed by atoms with van der Waals surface area (Å²) in [4.78, 5) is -2.95. The summed E-state index contributed by atoms with van der Waals surface area (Å²) >= 11 is 1.35. The Kier molecular flexibility index (Phi) is 2.50. The van der Waals surface area contributed by atoms with E-state index in [0.717, 1.165) is 0 Å². The maximum absolute atomic E-state index is 11.7. The van der Waals surface area contributed by atoms with Crippen LogP contribution in [0.2, 0.25) is 0 Å². The lowest BCUT2D eigenvalue weighted by Crippen LogP contribution is -2.31. The van der Waals surface area contributed by atoms with Crippen molar-refractivity contribution in [3.8, 4) is 0 Å². The molecule has 3 nitrogen and oxygen atoms in total. The molecule has 0 unspecified atom stereocenters. The van der Waals surface area contributed by atoms with Crippen molar-refractivity contribution in [2.75, 3.05) is 0 Å². The average molecular weight is 222 g/mol. The summed E-state index contributed by atoms with van der Waals surface area (Å²) in [5, 5.41) is 1.58. The van der Waals surface area contributed by atoms with E-state index >= 15 is 0 Å². The number of nitrogens with zero attached hydrogens (tertiary/aromatic N) is 3. The zero-order valence-electron chi connectivity index (χ0n) is 4.23. The third-order valence-corrected chi connectivity index (χ3v) is 0.988. The second-order valence-corrected chi connectivity index (χ2v) is 2.22. The Morgan fingerprint density at radius 3 is 1.80 bits per heavy atom. The molecule has 0 rings (SSSR count). The fourth-order valence-electron chi connectivity index (χ4n) is 0.113. The van der Waals surface area contributed by atoms with E-state index in [0.29, 0.717) is 0 Å². The Hall–Kier alpha value is -0.490. The van der Waals surface area contributed by atoms with Crippen LogP contribution in [0.5, 0.6) is 0 Å². The van der Waals surface area contributed by atoms with Crippen LogP contribution in [0, 0.1) is 0 Å². The molecule has 0 atom stereocenters. The van der Waals surface area contributed by atoms with Gasteiger partial charge in [-0.3, -0.25) is 0 Å². The van der Waals surface area contributed by atoms with E-state index in [4.69, 9.17) is 5.53 Å². The third-order valence-electron chi connectivity index (χ3n) is 0.511. The summed E-state index contributed by atoms with van der Waals surface area (Å²) < 4.78 is 46.6. The van der Waals surface area contributed by atoms with Crippen LogP contribution in [0.1, 0.15) is 0 Å². The molecule has 0 aromatic carbocycles. The van der Waals surface area contributed by atoms with E-state index in [1.165, 1.54) is 20.8 Å². The number of hydrogen-bond acceptors (Lipinski definition) is 1. The maximum atomic E-state index is 11.7. The summed E-state index contributed by atoms with van der Waals surface area (Å²) in [5.41, 5.74) is 7.39. The van der Waals surface area contributed by atoms with Crippen LogP contribution in [0.4, 0.5) is 17.6 Å². The van der Waals surface area contributed by atoms with Gasteiger partial charge in [0, 0.05) is 4.91 Å². The van der Waals surface area contributed by atoms with Crippen molar-refractivity contribution >= 4 is 15.9 Å². The van der Waals surface area contributed by atoms with Crippen molar-refractivity contribution in [3.05, 3.63) is 10.4 Å². The van der Waals surface area contributed by atoms with Gasteiger partial charge in [-0.1, -0.05) is 0 Å². The van der Waals surface area contributed by atoms with Gasteiger partial charge in [-0.05, 0) is 26.6 Å². The van der Waals surface area contributed by atoms with Gasteiger partial charge in [-0.2, -0.15) is 17.6 Å². The van der Waals surface area contributed by atoms with Crippen molar-refractivity contribution in [2.45, 2.75) is 10.9 Å². The molecule has 10 heavy (non-hydrogen) atoms. The summed E-state index contributed by atoms with van der Waals surface area (Å²) in [6.45, 7) is 0. The lowest BCUT2D eigenvalue weighted by Gasteiger charge is -2.14. The van der Waals surface area contributed by atoms with E-state index in [1.54, 1.807) is 5.11 Å². The molecule has 0 aliphatic rings. The van der Waals surface area contributed by atoms with Gasteiger partial charge in [-0.25, -0.2) is 0 Å². The predicted molar refractivity (Wildman–Crippen MR) is 28.0 cm³/mol. The Labute approximate surface area is 60.8 Å². The van der Waals surface area contributed by atoms with Crippen LogP contribution >= 0.6 is 15.9 Å². The van der Waals surface area contributed by atoms with Gasteiger partial charge in [0.15, 0.2) is 0 Å². The van der Waals surface area contributed by atoms with Gasteiger partial charge in [0.25, 0.3) is 0 Å². The summed E-state index contributed by atoms with van der Waals surface area (Å²) in [7, 11) is 0. The first-order valence-corrected chi connectivity index (χ1v) is 2.61. The minimum Gasteiger partial charge on any atom is -0.192 e. The molecule has 0 aromatic heterocycles. The van der Waals surface area contributed by atoms with Crippen LogP contribution in [0.15, 0.2) is 5.11 Å². The highest BCUT2D eigenvalue weighted by Crippen LogP contribution is 2.40.